The Hall–Kier alpha value is -1.56. The number of hydrogen-bond acceptors (Lipinski definition) is 3. The molecular weight excluding hydrogens is 284 g/mol. The van der Waals surface area contributed by atoms with Crippen LogP contribution in [-0.4, -0.2) is 50.5 Å². The van der Waals surface area contributed by atoms with Gasteiger partial charge in [0.05, 0.1) is 0 Å². The van der Waals surface area contributed by atoms with Gasteiger partial charge in [0.1, 0.15) is 6.54 Å². The molecule has 0 saturated carbocycles. The Morgan fingerprint density at radius 3 is 2.62 bits per heavy atom. The van der Waals surface area contributed by atoms with Crippen LogP contribution in [0.25, 0.3) is 0 Å². The summed E-state index contributed by atoms with van der Waals surface area (Å²) in [7, 11) is 3.47. The van der Waals surface area contributed by atoms with E-state index in [1.807, 2.05) is 6.92 Å². The summed E-state index contributed by atoms with van der Waals surface area (Å²) in [6.45, 7) is 8.08. The van der Waals surface area contributed by atoms with Crippen LogP contribution in [0.1, 0.15) is 25.6 Å². The molecule has 0 unspecified atom stereocenters. The van der Waals surface area contributed by atoms with Crippen LogP contribution < -0.4 is 10.6 Å². The molecule has 2 N–H and O–H groups in total. The van der Waals surface area contributed by atoms with Crippen molar-refractivity contribution in [2.45, 2.75) is 26.2 Å². The fourth-order valence-corrected chi connectivity index (χ4v) is 2.54. The van der Waals surface area contributed by atoms with Crippen LogP contribution in [0.15, 0.2) is 22.5 Å². The summed E-state index contributed by atoms with van der Waals surface area (Å²) in [6, 6.07) is 4.21. The maximum Gasteiger partial charge on any atom is 0.243 e. The molecule has 1 aromatic heterocycles. The standard InChI is InChI=1S/C15H26N4OS/c1-6-16-14(17-10-13(20)19(4)5)18-11-15(2,3)12-8-7-9-21-12/h7-9H,6,10-11H2,1-5H3,(H2,16,17,18). The highest BCUT2D eigenvalue weighted by Gasteiger charge is 2.21. The molecule has 1 aromatic rings. The summed E-state index contributed by atoms with van der Waals surface area (Å²) >= 11 is 1.76. The molecule has 5 nitrogen and oxygen atoms in total. The van der Waals surface area contributed by atoms with Gasteiger partial charge in [0.2, 0.25) is 5.91 Å². The highest BCUT2D eigenvalue weighted by molar-refractivity contribution is 7.10. The smallest absolute Gasteiger partial charge is 0.243 e. The molecule has 6 heteroatoms. The van der Waals surface area contributed by atoms with Crippen molar-refractivity contribution in [3.8, 4) is 0 Å². The number of amides is 1. The van der Waals surface area contributed by atoms with E-state index in [2.05, 4.69) is 47.0 Å². The average molecular weight is 310 g/mol. The molecule has 0 bridgehead atoms. The minimum absolute atomic E-state index is 0.00952. The lowest BCUT2D eigenvalue weighted by Gasteiger charge is -2.25. The third-order valence-electron chi connectivity index (χ3n) is 3.10. The largest absolute Gasteiger partial charge is 0.357 e. The fourth-order valence-electron chi connectivity index (χ4n) is 1.69. The lowest BCUT2D eigenvalue weighted by molar-refractivity contribution is -0.127. The van der Waals surface area contributed by atoms with Gasteiger partial charge in [-0.25, -0.2) is 4.99 Å². The zero-order chi connectivity index (χ0) is 15.9. The molecule has 0 aromatic carbocycles. The Kier molecular flexibility index (Phi) is 6.68. The van der Waals surface area contributed by atoms with Gasteiger partial charge in [-0.05, 0) is 18.4 Å². The van der Waals surface area contributed by atoms with Crippen LogP contribution in [0, 0.1) is 0 Å². The van der Waals surface area contributed by atoms with Crippen molar-refractivity contribution in [1.29, 1.82) is 0 Å². The van der Waals surface area contributed by atoms with Gasteiger partial charge in [-0.2, -0.15) is 0 Å². The Labute approximate surface area is 131 Å². The van der Waals surface area contributed by atoms with Crippen molar-refractivity contribution in [2.75, 3.05) is 33.7 Å². The molecule has 1 amide bonds. The number of likely N-dealkylation sites (N-methyl/N-ethyl adjacent to an activating group) is 1. The van der Waals surface area contributed by atoms with E-state index < -0.39 is 0 Å². The molecule has 0 atom stereocenters. The number of thiophene rings is 1. The minimum Gasteiger partial charge on any atom is -0.357 e. The first-order chi connectivity index (χ1) is 9.86. The molecule has 1 rings (SSSR count). The van der Waals surface area contributed by atoms with E-state index in [1.165, 1.54) is 4.88 Å². The van der Waals surface area contributed by atoms with E-state index >= 15 is 0 Å². The second kappa shape index (κ2) is 8.02. The van der Waals surface area contributed by atoms with Gasteiger partial charge in [0, 0.05) is 37.5 Å². The maximum atomic E-state index is 11.6. The van der Waals surface area contributed by atoms with Crippen molar-refractivity contribution in [1.82, 2.24) is 15.5 Å². The number of aliphatic imine (C=N–C) groups is 1. The molecule has 21 heavy (non-hydrogen) atoms. The summed E-state index contributed by atoms with van der Waals surface area (Å²) in [5.41, 5.74) is 0.0237. The first-order valence-corrected chi connectivity index (χ1v) is 8.01. The summed E-state index contributed by atoms with van der Waals surface area (Å²) < 4.78 is 0. The van der Waals surface area contributed by atoms with Crippen LogP contribution in [0.4, 0.5) is 0 Å². The summed E-state index contributed by atoms with van der Waals surface area (Å²) in [4.78, 5) is 18.8. The number of carbonyl (C=O) groups excluding carboxylic acids is 1. The zero-order valence-corrected chi connectivity index (χ0v) is 14.4. The van der Waals surface area contributed by atoms with Crippen molar-refractivity contribution in [2.24, 2.45) is 4.99 Å². The fraction of sp³-hybridized carbons (Fsp3) is 0.600. The average Bonchev–Trinajstić information content (AvgIpc) is 2.96. The topological polar surface area (TPSA) is 56.7 Å². The lowest BCUT2D eigenvalue weighted by atomic mass is 9.91. The molecule has 0 fully saturated rings. The molecule has 0 radical (unpaired) electrons. The molecule has 0 aliphatic carbocycles. The van der Waals surface area contributed by atoms with Crippen LogP contribution in [-0.2, 0) is 10.2 Å². The van der Waals surface area contributed by atoms with Crippen molar-refractivity contribution < 1.29 is 4.79 Å². The maximum absolute atomic E-state index is 11.6. The highest BCUT2D eigenvalue weighted by atomic mass is 32.1. The van der Waals surface area contributed by atoms with Gasteiger partial charge in [-0.3, -0.25) is 4.79 Å². The van der Waals surface area contributed by atoms with Gasteiger partial charge in [0.25, 0.3) is 0 Å². The number of guanidine groups is 1. The first-order valence-electron chi connectivity index (χ1n) is 7.13. The number of rotatable bonds is 6. The first kappa shape index (κ1) is 17.5. The van der Waals surface area contributed by atoms with Crippen LogP contribution in [0.3, 0.4) is 0 Å². The van der Waals surface area contributed by atoms with Crippen molar-refractivity contribution in [3.05, 3.63) is 22.4 Å². The second-order valence-corrected chi connectivity index (χ2v) is 6.65. The normalized spacial score (nSPS) is 12.1. The Morgan fingerprint density at radius 2 is 2.10 bits per heavy atom. The van der Waals surface area contributed by atoms with E-state index in [-0.39, 0.29) is 17.9 Å². The quantitative estimate of drug-likeness (QED) is 0.621. The monoisotopic (exact) mass is 310 g/mol. The van der Waals surface area contributed by atoms with Gasteiger partial charge in [0.15, 0.2) is 5.96 Å². The minimum atomic E-state index is -0.00952. The molecule has 118 valence electrons. The summed E-state index contributed by atoms with van der Waals surface area (Å²) in [6.07, 6.45) is 0. The van der Waals surface area contributed by atoms with E-state index in [1.54, 1.807) is 30.3 Å². The number of nitrogens with one attached hydrogen (secondary N) is 2. The summed E-state index contributed by atoms with van der Waals surface area (Å²) in [5, 5.41) is 8.57. The predicted octanol–water partition coefficient (Wildman–Crippen LogP) is 1.67. The molecule has 0 aliphatic heterocycles. The van der Waals surface area contributed by atoms with Crippen LogP contribution in [0.5, 0.6) is 0 Å². The molecule has 0 spiro atoms. The van der Waals surface area contributed by atoms with Crippen molar-refractivity contribution >= 4 is 23.2 Å². The van der Waals surface area contributed by atoms with E-state index in [9.17, 15) is 4.79 Å². The lowest BCUT2D eigenvalue weighted by Crippen LogP contribution is -2.43. The third kappa shape index (κ3) is 5.75. The molecule has 1 heterocycles. The Balaban J connectivity index is 2.62. The van der Waals surface area contributed by atoms with Crippen LogP contribution in [0.2, 0.25) is 0 Å². The van der Waals surface area contributed by atoms with Gasteiger partial charge < -0.3 is 15.5 Å². The SMILES string of the molecule is CCNC(=NCC(=O)N(C)C)NCC(C)(C)c1cccs1. The Morgan fingerprint density at radius 1 is 1.38 bits per heavy atom. The molecule has 0 saturated heterocycles. The highest BCUT2D eigenvalue weighted by Crippen LogP contribution is 2.26. The number of nitrogens with zero attached hydrogens (tertiary/aromatic N) is 2. The number of hydrogen-bond donors (Lipinski definition) is 2. The predicted molar refractivity (Wildman–Crippen MR) is 90.0 cm³/mol. The Bertz CT molecular complexity index is 466. The van der Waals surface area contributed by atoms with Gasteiger partial charge >= 0.3 is 0 Å². The molecular formula is C15H26N4OS. The number of carbonyl (C=O) groups is 1. The second-order valence-electron chi connectivity index (χ2n) is 5.70. The van der Waals surface area contributed by atoms with E-state index in [4.69, 9.17) is 0 Å². The zero-order valence-electron chi connectivity index (χ0n) is 13.6. The van der Waals surface area contributed by atoms with Crippen molar-refractivity contribution in [3.63, 3.8) is 0 Å². The van der Waals surface area contributed by atoms with E-state index in [0.29, 0.717) is 5.96 Å². The van der Waals surface area contributed by atoms with Crippen LogP contribution >= 0.6 is 11.3 Å². The van der Waals surface area contributed by atoms with Gasteiger partial charge in [-0.1, -0.05) is 19.9 Å². The van der Waals surface area contributed by atoms with E-state index in [0.717, 1.165) is 13.1 Å². The van der Waals surface area contributed by atoms with Gasteiger partial charge in [-0.15, -0.1) is 11.3 Å². The molecule has 0 aliphatic rings. The summed E-state index contributed by atoms with van der Waals surface area (Å²) in [5.74, 6) is 0.669. The third-order valence-corrected chi connectivity index (χ3v) is 4.34.